The second-order valence-electron chi connectivity index (χ2n) is 5.88. The molecule has 0 aromatic rings. The molecule has 1 unspecified atom stereocenters. The van der Waals surface area contributed by atoms with Crippen LogP contribution >= 0.6 is 24.0 Å². The second kappa shape index (κ2) is 12.3. The fourth-order valence-corrected chi connectivity index (χ4v) is 2.80. The average molecular weight is 408 g/mol. The molecule has 0 aromatic carbocycles. The predicted octanol–water partition coefficient (Wildman–Crippen LogP) is 2.86. The molecule has 0 radical (unpaired) electrons. The minimum absolute atomic E-state index is 0. The van der Waals surface area contributed by atoms with Gasteiger partial charge in [-0.25, -0.2) is 0 Å². The molecule has 0 aliphatic carbocycles. The summed E-state index contributed by atoms with van der Waals surface area (Å²) in [4.78, 5) is 6.91. The quantitative estimate of drug-likeness (QED) is 0.307. The fraction of sp³-hybridized carbons (Fsp3) is 0.812. The molecular weight excluding hydrogens is 375 g/mol. The van der Waals surface area contributed by atoms with E-state index in [4.69, 9.17) is 0 Å². The lowest BCUT2D eigenvalue weighted by molar-refractivity contribution is 0.161. The van der Waals surface area contributed by atoms with Crippen molar-refractivity contribution in [3.05, 3.63) is 12.7 Å². The van der Waals surface area contributed by atoms with Gasteiger partial charge in [-0.15, -0.1) is 30.6 Å². The Morgan fingerprint density at radius 1 is 1.19 bits per heavy atom. The van der Waals surface area contributed by atoms with Crippen LogP contribution < -0.4 is 10.6 Å². The molecule has 1 aliphatic rings. The monoisotopic (exact) mass is 408 g/mol. The van der Waals surface area contributed by atoms with Crippen LogP contribution in [0.5, 0.6) is 0 Å². The van der Waals surface area contributed by atoms with Gasteiger partial charge < -0.3 is 10.6 Å². The van der Waals surface area contributed by atoms with Crippen LogP contribution in [0, 0.1) is 5.92 Å². The van der Waals surface area contributed by atoms with E-state index in [2.05, 4.69) is 41.0 Å². The first-order valence-electron chi connectivity index (χ1n) is 7.98. The van der Waals surface area contributed by atoms with Crippen molar-refractivity contribution in [1.29, 1.82) is 0 Å². The topological polar surface area (TPSA) is 39.7 Å². The third-order valence-corrected chi connectivity index (χ3v) is 4.00. The molecule has 1 rings (SSSR count). The molecule has 21 heavy (non-hydrogen) atoms. The van der Waals surface area contributed by atoms with Gasteiger partial charge >= 0.3 is 0 Å². The van der Waals surface area contributed by atoms with Gasteiger partial charge in [-0.1, -0.05) is 32.8 Å². The van der Waals surface area contributed by atoms with E-state index in [1.165, 1.54) is 38.8 Å². The highest BCUT2D eigenvalue weighted by Gasteiger charge is 2.22. The van der Waals surface area contributed by atoms with Gasteiger partial charge in [0.05, 0.1) is 0 Å². The van der Waals surface area contributed by atoms with E-state index in [0.29, 0.717) is 12.0 Å². The minimum Gasteiger partial charge on any atom is -0.355 e. The van der Waals surface area contributed by atoms with Crippen molar-refractivity contribution in [3.8, 4) is 0 Å². The minimum atomic E-state index is 0. The Hall–Kier alpha value is -0.300. The van der Waals surface area contributed by atoms with Gasteiger partial charge in [-0.3, -0.25) is 9.89 Å². The van der Waals surface area contributed by atoms with Gasteiger partial charge in [-0.2, -0.15) is 0 Å². The smallest absolute Gasteiger partial charge is 0.191 e. The molecule has 0 bridgehead atoms. The zero-order valence-electron chi connectivity index (χ0n) is 13.9. The van der Waals surface area contributed by atoms with E-state index in [-0.39, 0.29) is 24.0 Å². The normalized spacial score (nSPS) is 18.6. The molecule has 0 amide bonds. The standard InChI is InChI=1S/C16H32N4.HI/c1-5-10-18-16(17-4)19-13-15(14(2)3)20-11-8-6-7-9-12-20;/h5,14-15H,1,6-13H2,2-4H3,(H2,17,18,19);1H. The number of rotatable bonds is 6. The lowest BCUT2D eigenvalue weighted by Crippen LogP contribution is -2.49. The van der Waals surface area contributed by atoms with Gasteiger partial charge in [0.25, 0.3) is 0 Å². The summed E-state index contributed by atoms with van der Waals surface area (Å²) in [5, 5.41) is 6.68. The second-order valence-corrected chi connectivity index (χ2v) is 5.88. The molecule has 0 saturated carbocycles. The lowest BCUT2D eigenvalue weighted by Gasteiger charge is -2.34. The summed E-state index contributed by atoms with van der Waals surface area (Å²) in [6, 6.07) is 0.579. The first-order valence-corrected chi connectivity index (χ1v) is 7.98. The summed E-state index contributed by atoms with van der Waals surface area (Å²) in [7, 11) is 1.81. The summed E-state index contributed by atoms with van der Waals surface area (Å²) in [5.41, 5.74) is 0. The molecule has 0 aromatic heterocycles. The van der Waals surface area contributed by atoms with E-state index in [1.807, 2.05) is 13.1 Å². The summed E-state index contributed by atoms with van der Waals surface area (Å²) in [5.74, 6) is 1.52. The van der Waals surface area contributed by atoms with Crippen LogP contribution in [0.3, 0.4) is 0 Å². The Morgan fingerprint density at radius 3 is 2.29 bits per heavy atom. The summed E-state index contributed by atoms with van der Waals surface area (Å²) in [6.07, 6.45) is 7.30. The van der Waals surface area contributed by atoms with Crippen LogP contribution in [-0.4, -0.2) is 50.1 Å². The highest BCUT2D eigenvalue weighted by atomic mass is 127. The van der Waals surface area contributed by atoms with Crippen molar-refractivity contribution in [1.82, 2.24) is 15.5 Å². The SMILES string of the molecule is C=CCNC(=NC)NCC(C(C)C)N1CCCCCC1.I. The van der Waals surface area contributed by atoms with E-state index in [0.717, 1.165) is 19.0 Å². The zero-order valence-corrected chi connectivity index (χ0v) is 16.2. The Morgan fingerprint density at radius 2 is 1.81 bits per heavy atom. The molecule has 5 heteroatoms. The van der Waals surface area contributed by atoms with Crippen molar-refractivity contribution in [2.75, 3.05) is 33.2 Å². The molecule has 1 saturated heterocycles. The molecular formula is C16H33IN4. The van der Waals surface area contributed by atoms with Gasteiger partial charge in [-0.05, 0) is 31.8 Å². The van der Waals surface area contributed by atoms with Crippen LogP contribution in [0.4, 0.5) is 0 Å². The highest BCUT2D eigenvalue weighted by molar-refractivity contribution is 14.0. The van der Waals surface area contributed by atoms with Crippen LogP contribution in [-0.2, 0) is 0 Å². The first kappa shape index (κ1) is 20.7. The van der Waals surface area contributed by atoms with E-state index >= 15 is 0 Å². The fourth-order valence-electron chi connectivity index (χ4n) is 2.80. The Labute approximate surface area is 147 Å². The average Bonchev–Trinajstić information content (AvgIpc) is 2.71. The van der Waals surface area contributed by atoms with Gasteiger partial charge in [0, 0.05) is 26.2 Å². The molecule has 0 spiro atoms. The van der Waals surface area contributed by atoms with E-state index < -0.39 is 0 Å². The van der Waals surface area contributed by atoms with Gasteiger partial charge in [0.2, 0.25) is 0 Å². The summed E-state index contributed by atoms with van der Waals surface area (Å²) < 4.78 is 0. The van der Waals surface area contributed by atoms with Crippen molar-refractivity contribution >= 4 is 29.9 Å². The molecule has 4 nitrogen and oxygen atoms in total. The molecule has 2 N–H and O–H groups in total. The maximum absolute atomic E-state index is 4.25. The number of hydrogen-bond acceptors (Lipinski definition) is 2. The number of likely N-dealkylation sites (tertiary alicyclic amines) is 1. The van der Waals surface area contributed by atoms with Crippen molar-refractivity contribution < 1.29 is 0 Å². The molecule has 1 fully saturated rings. The number of halogens is 1. The third kappa shape index (κ3) is 8.04. The number of guanidine groups is 1. The zero-order chi connectivity index (χ0) is 14.8. The van der Waals surface area contributed by atoms with Crippen molar-refractivity contribution in [2.45, 2.75) is 45.6 Å². The molecule has 1 heterocycles. The first-order chi connectivity index (χ1) is 9.69. The molecule has 1 atom stereocenters. The lowest BCUT2D eigenvalue weighted by atomic mass is 10.0. The van der Waals surface area contributed by atoms with Crippen molar-refractivity contribution in [2.24, 2.45) is 10.9 Å². The van der Waals surface area contributed by atoms with E-state index in [1.54, 1.807) is 0 Å². The number of hydrogen-bond donors (Lipinski definition) is 2. The molecule has 1 aliphatic heterocycles. The Bertz CT molecular complexity index is 297. The Balaban J connectivity index is 0.00000400. The number of nitrogens with zero attached hydrogens (tertiary/aromatic N) is 2. The van der Waals surface area contributed by atoms with Crippen LogP contribution in [0.25, 0.3) is 0 Å². The highest BCUT2D eigenvalue weighted by Crippen LogP contribution is 2.16. The number of aliphatic imine (C=N–C) groups is 1. The van der Waals surface area contributed by atoms with Crippen molar-refractivity contribution in [3.63, 3.8) is 0 Å². The number of nitrogens with one attached hydrogen (secondary N) is 2. The van der Waals surface area contributed by atoms with E-state index in [9.17, 15) is 0 Å². The largest absolute Gasteiger partial charge is 0.355 e. The maximum Gasteiger partial charge on any atom is 0.191 e. The predicted molar refractivity (Wildman–Crippen MR) is 104 cm³/mol. The van der Waals surface area contributed by atoms with Gasteiger partial charge in [0.15, 0.2) is 5.96 Å². The summed E-state index contributed by atoms with van der Waals surface area (Å²) >= 11 is 0. The van der Waals surface area contributed by atoms with Crippen LogP contribution in [0.15, 0.2) is 17.6 Å². The Kier molecular flexibility index (Phi) is 12.1. The summed E-state index contributed by atoms with van der Waals surface area (Å²) in [6.45, 7) is 12.5. The molecule has 124 valence electrons. The van der Waals surface area contributed by atoms with Crippen LogP contribution in [0.1, 0.15) is 39.5 Å². The third-order valence-electron chi connectivity index (χ3n) is 4.00. The van der Waals surface area contributed by atoms with Gasteiger partial charge in [0.1, 0.15) is 0 Å². The van der Waals surface area contributed by atoms with Crippen LogP contribution in [0.2, 0.25) is 0 Å². The maximum atomic E-state index is 4.25.